The third-order valence-electron chi connectivity index (χ3n) is 5.43. The van der Waals surface area contributed by atoms with Crippen LogP contribution in [-0.4, -0.2) is 56.8 Å². The van der Waals surface area contributed by atoms with Crippen molar-refractivity contribution in [2.24, 2.45) is 0 Å². The topological polar surface area (TPSA) is 69.7 Å². The minimum absolute atomic E-state index is 0.117. The van der Waals surface area contributed by atoms with E-state index in [0.29, 0.717) is 19.6 Å². The molecule has 6 nitrogen and oxygen atoms in total. The van der Waals surface area contributed by atoms with Gasteiger partial charge in [0.15, 0.2) is 0 Å². The maximum Gasteiger partial charge on any atom is 0.252 e. The lowest BCUT2D eigenvalue weighted by Gasteiger charge is -2.26. The molecule has 2 aromatic carbocycles. The Balaban J connectivity index is 1.54. The molecule has 0 saturated carbocycles. The number of hydrogen-bond donors (Lipinski definition) is 1. The van der Waals surface area contributed by atoms with Crippen LogP contribution in [0.2, 0.25) is 5.02 Å². The van der Waals surface area contributed by atoms with E-state index in [1.54, 1.807) is 0 Å². The van der Waals surface area contributed by atoms with Crippen molar-refractivity contribution in [1.82, 2.24) is 14.5 Å². The van der Waals surface area contributed by atoms with Crippen LogP contribution in [0.1, 0.15) is 41.6 Å². The molecule has 1 amide bonds. The second kappa shape index (κ2) is 11.1. The van der Waals surface area contributed by atoms with Crippen LogP contribution in [0.25, 0.3) is 0 Å². The number of amides is 1. The lowest BCUT2D eigenvalue weighted by molar-refractivity contribution is 0.0952. The molecule has 1 saturated heterocycles. The largest absolute Gasteiger partial charge is 0.352 e. The van der Waals surface area contributed by atoms with E-state index in [1.807, 2.05) is 25.2 Å². The van der Waals surface area contributed by atoms with Gasteiger partial charge in [0, 0.05) is 26.2 Å². The van der Waals surface area contributed by atoms with Gasteiger partial charge in [-0.05, 0) is 56.6 Å². The molecule has 1 heterocycles. The van der Waals surface area contributed by atoms with E-state index in [2.05, 4.69) is 22.3 Å². The summed E-state index contributed by atoms with van der Waals surface area (Å²) in [4.78, 5) is 15.0. The van der Waals surface area contributed by atoms with Crippen molar-refractivity contribution in [2.75, 3.05) is 33.2 Å². The lowest BCUT2D eigenvalue weighted by Crippen LogP contribution is -2.35. The summed E-state index contributed by atoms with van der Waals surface area (Å²) >= 11 is 6.20. The van der Waals surface area contributed by atoms with Gasteiger partial charge in [0.25, 0.3) is 5.91 Å². The summed E-state index contributed by atoms with van der Waals surface area (Å²) in [5.74, 6) is -0.355. The van der Waals surface area contributed by atoms with Gasteiger partial charge in [0.1, 0.15) is 0 Å². The number of hydrogen-bond acceptors (Lipinski definition) is 4. The minimum Gasteiger partial charge on any atom is -0.352 e. The summed E-state index contributed by atoms with van der Waals surface area (Å²) in [6.45, 7) is 3.19. The van der Waals surface area contributed by atoms with E-state index in [-0.39, 0.29) is 21.4 Å². The van der Waals surface area contributed by atoms with Crippen molar-refractivity contribution in [1.29, 1.82) is 0 Å². The quantitative estimate of drug-likeness (QED) is 0.575. The van der Waals surface area contributed by atoms with Crippen LogP contribution >= 0.6 is 11.6 Å². The first-order valence-electron chi connectivity index (χ1n) is 10.7. The first-order chi connectivity index (χ1) is 14.9. The number of nitrogens with zero attached hydrogens (tertiary/aromatic N) is 2. The van der Waals surface area contributed by atoms with Crippen molar-refractivity contribution < 1.29 is 13.2 Å². The maximum atomic E-state index is 12.9. The Bertz CT molecular complexity index is 977. The Morgan fingerprint density at radius 3 is 2.52 bits per heavy atom. The molecule has 0 unspecified atom stereocenters. The molecule has 0 atom stereocenters. The summed E-state index contributed by atoms with van der Waals surface area (Å²) in [5.41, 5.74) is 1.44. The monoisotopic (exact) mass is 463 g/mol. The average Bonchev–Trinajstić information content (AvgIpc) is 2.78. The zero-order valence-electron chi connectivity index (χ0n) is 17.9. The Hall–Kier alpha value is -1.93. The van der Waals surface area contributed by atoms with Gasteiger partial charge >= 0.3 is 0 Å². The van der Waals surface area contributed by atoms with Gasteiger partial charge in [0.05, 0.1) is 15.5 Å². The molecule has 1 aliphatic rings. The lowest BCUT2D eigenvalue weighted by atomic mass is 10.2. The predicted molar refractivity (Wildman–Crippen MR) is 124 cm³/mol. The first kappa shape index (κ1) is 23.7. The Kier molecular flexibility index (Phi) is 8.49. The number of piperidine rings is 1. The van der Waals surface area contributed by atoms with Crippen LogP contribution in [0.3, 0.4) is 0 Å². The molecule has 3 rings (SSSR count). The van der Waals surface area contributed by atoms with Crippen LogP contribution in [0.5, 0.6) is 0 Å². The normalized spacial score (nSPS) is 15.2. The molecule has 1 fully saturated rings. The molecule has 31 heavy (non-hydrogen) atoms. The number of nitrogens with one attached hydrogen (secondary N) is 1. The van der Waals surface area contributed by atoms with E-state index < -0.39 is 10.0 Å². The van der Waals surface area contributed by atoms with Crippen molar-refractivity contribution in [3.63, 3.8) is 0 Å². The van der Waals surface area contributed by atoms with Crippen LogP contribution in [-0.2, 0) is 16.6 Å². The highest BCUT2D eigenvalue weighted by molar-refractivity contribution is 7.89. The molecule has 1 N–H and O–H groups in total. The van der Waals surface area contributed by atoms with E-state index in [0.717, 1.165) is 38.8 Å². The molecule has 0 spiro atoms. The number of sulfonamides is 1. The van der Waals surface area contributed by atoms with E-state index in [9.17, 15) is 13.2 Å². The van der Waals surface area contributed by atoms with Crippen molar-refractivity contribution in [2.45, 2.75) is 37.1 Å². The molecule has 0 aliphatic carbocycles. The second-order valence-corrected chi connectivity index (χ2v) is 10.3. The summed E-state index contributed by atoms with van der Waals surface area (Å²) in [5, 5.41) is 3.11. The highest BCUT2D eigenvalue weighted by Gasteiger charge is 2.27. The number of halogens is 1. The highest BCUT2D eigenvalue weighted by atomic mass is 35.5. The van der Waals surface area contributed by atoms with Crippen LogP contribution in [0, 0.1) is 0 Å². The van der Waals surface area contributed by atoms with E-state index >= 15 is 0 Å². The van der Waals surface area contributed by atoms with Gasteiger partial charge in [-0.2, -0.15) is 4.31 Å². The van der Waals surface area contributed by atoms with Crippen LogP contribution in [0.4, 0.5) is 0 Å². The summed E-state index contributed by atoms with van der Waals surface area (Å²) < 4.78 is 27.3. The average molecular weight is 464 g/mol. The highest BCUT2D eigenvalue weighted by Crippen LogP contribution is 2.25. The number of carbonyl (C=O) groups excluding carboxylic acids is 1. The summed E-state index contributed by atoms with van der Waals surface area (Å²) in [7, 11) is -1.57. The van der Waals surface area contributed by atoms with Gasteiger partial charge < -0.3 is 10.2 Å². The molecule has 0 bridgehead atoms. The van der Waals surface area contributed by atoms with E-state index in [1.165, 1.54) is 28.1 Å². The zero-order chi connectivity index (χ0) is 22.3. The number of benzene rings is 2. The maximum absolute atomic E-state index is 12.9. The van der Waals surface area contributed by atoms with Gasteiger partial charge in [-0.1, -0.05) is 48.4 Å². The van der Waals surface area contributed by atoms with Crippen LogP contribution in [0.15, 0.2) is 53.4 Å². The fourth-order valence-corrected chi connectivity index (χ4v) is 5.46. The summed E-state index contributed by atoms with van der Waals surface area (Å²) in [6, 6.07) is 14.6. The number of rotatable bonds is 9. The second-order valence-electron chi connectivity index (χ2n) is 7.94. The standard InChI is InChI=1S/C23H30ClN3O3S/c1-26(18-19-9-4-2-5-10-19)14-8-13-25-23(28)21-17-20(11-12-22(21)24)31(29,30)27-15-6-3-7-16-27/h2,4-5,9-12,17H,3,6-8,13-16,18H2,1H3,(H,25,28). The van der Waals surface area contributed by atoms with Gasteiger partial charge in [-0.15, -0.1) is 0 Å². The molecule has 168 valence electrons. The first-order valence-corrected chi connectivity index (χ1v) is 12.5. The Morgan fingerprint density at radius 2 is 1.81 bits per heavy atom. The Morgan fingerprint density at radius 1 is 1.10 bits per heavy atom. The smallest absolute Gasteiger partial charge is 0.252 e. The molecule has 1 aliphatic heterocycles. The molecular weight excluding hydrogens is 434 g/mol. The van der Waals surface area contributed by atoms with Crippen molar-refractivity contribution in [3.05, 3.63) is 64.7 Å². The van der Waals surface area contributed by atoms with Crippen molar-refractivity contribution in [3.8, 4) is 0 Å². The molecule has 0 radical (unpaired) electrons. The van der Waals surface area contributed by atoms with Crippen LogP contribution < -0.4 is 5.32 Å². The molecule has 2 aromatic rings. The SMILES string of the molecule is CN(CCCNC(=O)c1cc(S(=O)(=O)N2CCCCC2)ccc1Cl)Cc1ccccc1. The Labute approximate surface area is 190 Å². The third kappa shape index (κ3) is 6.53. The third-order valence-corrected chi connectivity index (χ3v) is 7.66. The summed E-state index contributed by atoms with van der Waals surface area (Å²) in [6.07, 6.45) is 3.54. The van der Waals surface area contributed by atoms with Gasteiger partial charge in [-0.3, -0.25) is 4.79 Å². The molecule has 0 aromatic heterocycles. The fourth-order valence-electron chi connectivity index (χ4n) is 3.71. The van der Waals surface area contributed by atoms with Crippen molar-refractivity contribution >= 4 is 27.5 Å². The minimum atomic E-state index is -3.61. The van der Waals surface area contributed by atoms with Gasteiger partial charge in [-0.25, -0.2) is 8.42 Å². The van der Waals surface area contributed by atoms with Gasteiger partial charge in [0.2, 0.25) is 10.0 Å². The van der Waals surface area contributed by atoms with E-state index in [4.69, 9.17) is 11.6 Å². The fraction of sp³-hybridized carbons (Fsp3) is 0.435. The molecule has 8 heteroatoms. The zero-order valence-corrected chi connectivity index (χ0v) is 19.5. The number of carbonyl (C=O) groups is 1. The molecular formula is C23H30ClN3O3S. The predicted octanol–water partition coefficient (Wildman–Crippen LogP) is 3.77.